The molecule has 2 bridgehead atoms. The highest BCUT2D eigenvalue weighted by Gasteiger charge is 2.69. The molecule has 1 N–H and O–H groups in total. The molecular formula is C32H23Br2ClN2O4S2. The van der Waals surface area contributed by atoms with Crippen LogP contribution in [0.5, 0.6) is 5.75 Å². The predicted octanol–water partition coefficient (Wildman–Crippen LogP) is 7.87. The molecule has 11 heteroatoms. The molecule has 4 aromatic rings. The van der Waals surface area contributed by atoms with Crippen LogP contribution in [-0.4, -0.2) is 22.0 Å². The largest absolute Gasteiger partial charge is 0.489 e. The molecule has 0 spiro atoms. The van der Waals surface area contributed by atoms with Gasteiger partial charge >= 0.3 is 4.87 Å². The quantitative estimate of drug-likeness (QED) is 0.210. The fourth-order valence-electron chi connectivity index (χ4n) is 7.85. The second-order valence-electron chi connectivity index (χ2n) is 11.5. The van der Waals surface area contributed by atoms with Crippen molar-refractivity contribution in [1.82, 2.24) is 4.98 Å². The summed E-state index contributed by atoms with van der Waals surface area (Å²) in [5, 5.41) is 1.64. The van der Waals surface area contributed by atoms with Crippen LogP contribution in [0.3, 0.4) is 0 Å². The minimum absolute atomic E-state index is 0.0165. The van der Waals surface area contributed by atoms with Gasteiger partial charge in [-0.1, -0.05) is 66.9 Å². The lowest BCUT2D eigenvalue weighted by Crippen LogP contribution is -2.42. The molecule has 1 saturated heterocycles. The molecule has 5 unspecified atom stereocenters. The van der Waals surface area contributed by atoms with Crippen LogP contribution in [0.15, 0.2) is 85.5 Å². The average Bonchev–Trinajstić information content (AvgIpc) is 3.73. The van der Waals surface area contributed by atoms with Crippen molar-refractivity contribution in [3.8, 4) is 5.75 Å². The van der Waals surface area contributed by atoms with Crippen LogP contribution < -0.4 is 14.5 Å². The molecular weight excluding hydrogens is 736 g/mol. The number of aromatic amines is 1. The van der Waals surface area contributed by atoms with Gasteiger partial charge in [0, 0.05) is 35.6 Å². The van der Waals surface area contributed by atoms with E-state index in [4.69, 9.17) is 16.3 Å². The summed E-state index contributed by atoms with van der Waals surface area (Å²) in [4.78, 5) is 46.0. The SMILES string of the molecule is O=C1C2C(C(=O)N1c1ccc(Br)cc1)[C@@H]1C[C@H]2C2Sc3[nH]c(=O)sc3C(c3cc(Br)ccc3OCc3ccc(Cl)cc3)C21. The minimum Gasteiger partial charge on any atom is -0.489 e. The number of thioether (sulfide) groups is 1. The maximum Gasteiger partial charge on any atom is 0.305 e. The Hall–Kier alpha value is -2.37. The van der Waals surface area contributed by atoms with Crippen LogP contribution in [0.1, 0.15) is 28.3 Å². The number of fused-ring (bicyclic) bond motifs is 9. The summed E-state index contributed by atoms with van der Waals surface area (Å²) in [6, 6.07) is 21.0. The van der Waals surface area contributed by atoms with Crippen molar-refractivity contribution in [3.05, 3.63) is 106 Å². The Morgan fingerprint density at radius 3 is 2.35 bits per heavy atom. The molecule has 8 rings (SSSR count). The van der Waals surface area contributed by atoms with Gasteiger partial charge in [-0.2, -0.15) is 0 Å². The highest BCUT2D eigenvalue weighted by Crippen LogP contribution is 2.69. The zero-order valence-corrected chi connectivity index (χ0v) is 27.9. The van der Waals surface area contributed by atoms with E-state index in [9.17, 15) is 14.4 Å². The lowest BCUT2D eigenvalue weighted by molar-refractivity contribution is -0.123. The van der Waals surface area contributed by atoms with Crippen LogP contribution in [0.25, 0.3) is 0 Å². The topological polar surface area (TPSA) is 79.5 Å². The molecule has 43 heavy (non-hydrogen) atoms. The smallest absolute Gasteiger partial charge is 0.305 e. The Morgan fingerprint density at radius 2 is 1.60 bits per heavy atom. The number of carbonyl (C=O) groups is 2. The van der Waals surface area contributed by atoms with Crippen LogP contribution in [-0.2, 0) is 16.2 Å². The number of rotatable bonds is 5. The first-order chi connectivity index (χ1) is 20.8. The molecule has 2 aliphatic heterocycles. The number of hydrogen-bond donors (Lipinski definition) is 1. The number of carbonyl (C=O) groups excluding carboxylic acids is 2. The van der Waals surface area contributed by atoms with Gasteiger partial charge in [-0.15, -0.1) is 11.8 Å². The Morgan fingerprint density at radius 1 is 0.907 bits per heavy atom. The Bertz CT molecular complexity index is 1840. The van der Waals surface area contributed by atoms with E-state index in [2.05, 4.69) is 42.9 Å². The number of halogens is 3. The molecule has 3 heterocycles. The molecule has 2 amide bonds. The van der Waals surface area contributed by atoms with Crippen molar-refractivity contribution in [1.29, 1.82) is 0 Å². The van der Waals surface area contributed by atoms with E-state index in [0.717, 1.165) is 42.1 Å². The highest BCUT2D eigenvalue weighted by atomic mass is 79.9. The number of nitrogens with one attached hydrogen (secondary N) is 1. The number of amides is 2. The first-order valence-electron chi connectivity index (χ1n) is 14.0. The molecule has 3 fully saturated rings. The normalized spacial score (nSPS) is 28.6. The van der Waals surface area contributed by atoms with E-state index in [-0.39, 0.29) is 57.4 Å². The number of imide groups is 1. The Balaban J connectivity index is 1.20. The van der Waals surface area contributed by atoms with Gasteiger partial charge in [0.15, 0.2) is 0 Å². The number of nitrogens with zero attached hydrogens (tertiary/aromatic N) is 1. The summed E-state index contributed by atoms with van der Waals surface area (Å²) in [6.07, 6.45) is 0.827. The second-order valence-corrected chi connectivity index (χ2v) is 16.0. The van der Waals surface area contributed by atoms with Crippen molar-refractivity contribution in [2.45, 2.75) is 29.2 Å². The maximum absolute atomic E-state index is 14.0. The molecule has 3 aromatic carbocycles. The van der Waals surface area contributed by atoms with Gasteiger partial charge in [-0.25, -0.2) is 0 Å². The standard InChI is InChI=1S/C32H23Br2ClN2O4S2/c33-15-3-8-18(9-4-15)37-30(38)25-20-12-21(26(25)31(37)39)27-24(20)23(28-29(42-27)36-32(40)43-28)19-11-16(34)5-10-22(19)41-13-14-1-6-17(35)7-2-14/h1-11,20-21,23-27H,12-13H2,(H,36,40)/t20-,21-,23?,24?,25?,26?,27?/m1/s1. The van der Waals surface area contributed by atoms with Gasteiger partial charge in [0.05, 0.1) is 22.5 Å². The van der Waals surface area contributed by atoms with E-state index >= 15 is 0 Å². The third-order valence-electron chi connectivity index (χ3n) is 9.42. The predicted molar refractivity (Wildman–Crippen MR) is 175 cm³/mol. The lowest BCUT2D eigenvalue weighted by atomic mass is 9.68. The van der Waals surface area contributed by atoms with Crippen LogP contribution in [0.4, 0.5) is 5.69 Å². The first-order valence-corrected chi connectivity index (χ1v) is 17.6. The average molecular weight is 759 g/mol. The van der Waals surface area contributed by atoms with Crippen molar-refractivity contribution >= 4 is 84.1 Å². The molecule has 218 valence electrons. The fraction of sp³-hybridized carbons (Fsp3) is 0.281. The summed E-state index contributed by atoms with van der Waals surface area (Å²) >= 11 is 16.1. The summed E-state index contributed by atoms with van der Waals surface area (Å²) < 4.78 is 8.25. The first kappa shape index (κ1) is 28.1. The third-order valence-corrected chi connectivity index (χ3v) is 13.3. The van der Waals surface area contributed by atoms with Crippen LogP contribution in [0.2, 0.25) is 5.02 Å². The number of ether oxygens (including phenoxy) is 1. The summed E-state index contributed by atoms with van der Waals surface area (Å²) in [5.41, 5.74) is 2.60. The number of H-pyrrole nitrogens is 1. The monoisotopic (exact) mass is 756 g/mol. The van der Waals surface area contributed by atoms with Gasteiger partial charge < -0.3 is 9.72 Å². The van der Waals surface area contributed by atoms with Gasteiger partial charge in [0.1, 0.15) is 12.4 Å². The fourth-order valence-corrected chi connectivity index (χ4v) is 11.5. The van der Waals surface area contributed by atoms with Gasteiger partial charge in [-0.05, 0) is 84.3 Å². The zero-order valence-electron chi connectivity index (χ0n) is 22.3. The maximum atomic E-state index is 14.0. The molecule has 4 aliphatic rings. The number of hydrogen-bond acceptors (Lipinski definition) is 6. The zero-order chi connectivity index (χ0) is 29.6. The molecule has 7 atom stereocenters. The van der Waals surface area contributed by atoms with Gasteiger partial charge in [0.25, 0.3) is 0 Å². The van der Waals surface area contributed by atoms with Crippen molar-refractivity contribution in [3.63, 3.8) is 0 Å². The number of anilines is 1. The van der Waals surface area contributed by atoms with E-state index in [1.807, 2.05) is 60.7 Å². The second kappa shape index (κ2) is 10.6. The van der Waals surface area contributed by atoms with Crippen molar-refractivity contribution in [2.75, 3.05) is 4.90 Å². The van der Waals surface area contributed by atoms with Crippen LogP contribution in [0, 0.1) is 29.6 Å². The van der Waals surface area contributed by atoms with E-state index < -0.39 is 0 Å². The minimum atomic E-state index is -0.367. The third kappa shape index (κ3) is 4.50. The van der Waals surface area contributed by atoms with E-state index in [0.29, 0.717) is 17.3 Å². The summed E-state index contributed by atoms with van der Waals surface area (Å²) in [7, 11) is 0. The van der Waals surface area contributed by atoms with E-state index in [1.54, 1.807) is 11.8 Å². The summed E-state index contributed by atoms with van der Waals surface area (Å²) in [5.74, 6) is -0.181. The highest BCUT2D eigenvalue weighted by molar-refractivity contribution is 9.10. The van der Waals surface area contributed by atoms with Crippen LogP contribution >= 0.6 is 66.6 Å². The van der Waals surface area contributed by atoms with E-state index in [1.165, 1.54) is 16.2 Å². The molecule has 2 aliphatic carbocycles. The molecule has 0 radical (unpaired) electrons. The molecule has 1 aromatic heterocycles. The van der Waals surface area contributed by atoms with Crippen molar-refractivity contribution in [2.24, 2.45) is 29.6 Å². The number of thiazole rings is 1. The van der Waals surface area contributed by atoms with Gasteiger partial charge in [0.2, 0.25) is 11.8 Å². The number of aromatic nitrogens is 1. The van der Waals surface area contributed by atoms with Gasteiger partial charge in [-0.3, -0.25) is 19.3 Å². The summed E-state index contributed by atoms with van der Waals surface area (Å²) in [6.45, 7) is 0.365. The molecule has 6 nitrogen and oxygen atoms in total. The van der Waals surface area contributed by atoms with Crippen molar-refractivity contribution < 1.29 is 14.3 Å². The lowest BCUT2D eigenvalue weighted by Gasteiger charge is -2.43. The molecule has 2 saturated carbocycles. The Kier molecular flexibility index (Phi) is 6.95. The number of benzene rings is 3. The Labute approximate surface area is 277 Å².